The lowest BCUT2D eigenvalue weighted by molar-refractivity contribution is 0.309. The molecule has 2 aromatic rings. The number of piperazine rings is 1. The molecule has 7 heteroatoms. The summed E-state index contributed by atoms with van der Waals surface area (Å²) in [6.45, 7) is 4.31. The molecule has 2 aromatic heterocycles. The largest absolute Gasteiger partial charge is 0.336 e. The van der Waals surface area contributed by atoms with Crippen LogP contribution < -0.4 is 10.6 Å². The average molecular weight is 274 g/mol. The Bertz CT molecular complexity index is 558. The summed E-state index contributed by atoms with van der Waals surface area (Å²) >= 11 is 0. The number of nitrogens with two attached hydrogens (primary N) is 1. The summed E-state index contributed by atoms with van der Waals surface area (Å²) in [5.41, 5.74) is 7.20. The van der Waals surface area contributed by atoms with Crippen LogP contribution >= 0.6 is 0 Å². The molecule has 3 rings (SSSR count). The topological polar surface area (TPSA) is 84.3 Å². The minimum absolute atomic E-state index is 0.447. The molecule has 0 amide bonds. The fourth-order valence-corrected chi connectivity index (χ4v) is 2.13. The molecule has 3 heterocycles. The van der Waals surface area contributed by atoms with Crippen LogP contribution in [0.4, 0.5) is 5.95 Å². The molecule has 1 aliphatic heterocycles. The molecule has 1 fully saturated rings. The molecule has 0 saturated carbocycles. The number of rotatable bonds is 3. The Morgan fingerprint density at radius 3 is 2.70 bits per heavy atom. The number of hydrogen-bond acceptors (Lipinski definition) is 7. The Morgan fingerprint density at radius 2 is 2.05 bits per heavy atom. The summed E-state index contributed by atoms with van der Waals surface area (Å²) in [7, 11) is 2.11. The molecule has 7 nitrogen and oxygen atoms in total. The normalized spacial score (nSPS) is 16.6. The third kappa shape index (κ3) is 2.63. The van der Waals surface area contributed by atoms with E-state index in [1.807, 2.05) is 12.1 Å². The number of nitrogens with zero attached hydrogens (tertiary/aromatic N) is 5. The van der Waals surface area contributed by atoms with Crippen molar-refractivity contribution >= 4 is 5.95 Å². The van der Waals surface area contributed by atoms with Crippen molar-refractivity contribution in [1.82, 2.24) is 20.0 Å². The minimum atomic E-state index is 0.447. The van der Waals surface area contributed by atoms with E-state index in [1.54, 1.807) is 6.20 Å². The first-order valence-corrected chi connectivity index (χ1v) is 6.69. The Kier molecular flexibility index (Phi) is 3.62. The molecule has 0 atom stereocenters. The molecule has 0 aromatic carbocycles. The van der Waals surface area contributed by atoms with Crippen LogP contribution in [0, 0.1) is 0 Å². The maximum Gasteiger partial charge on any atom is 0.278 e. The summed E-state index contributed by atoms with van der Waals surface area (Å²) in [6, 6.07) is 3.77. The van der Waals surface area contributed by atoms with Gasteiger partial charge in [0, 0.05) is 38.9 Å². The monoisotopic (exact) mass is 274 g/mol. The zero-order chi connectivity index (χ0) is 13.9. The second kappa shape index (κ2) is 5.56. The lowest BCUT2D eigenvalue weighted by atomic mass is 10.2. The number of anilines is 1. The second-order valence-electron chi connectivity index (χ2n) is 4.95. The third-order valence-corrected chi connectivity index (χ3v) is 3.48. The van der Waals surface area contributed by atoms with E-state index in [0.29, 0.717) is 24.1 Å². The number of pyridine rings is 1. The van der Waals surface area contributed by atoms with Gasteiger partial charge in [-0.3, -0.25) is 4.98 Å². The van der Waals surface area contributed by atoms with E-state index in [4.69, 9.17) is 10.3 Å². The first kappa shape index (κ1) is 13.0. The van der Waals surface area contributed by atoms with Gasteiger partial charge in [0.25, 0.3) is 11.8 Å². The van der Waals surface area contributed by atoms with Gasteiger partial charge in [-0.05, 0) is 23.8 Å². The molecular weight excluding hydrogens is 256 g/mol. The van der Waals surface area contributed by atoms with Crippen LogP contribution in [0.1, 0.15) is 5.56 Å². The fraction of sp³-hybridized carbons (Fsp3) is 0.462. The smallest absolute Gasteiger partial charge is 0.278 e. The highest BCUT2D eigenvalue weighted by Crippen LogP contribution is 2.19. The standard InChI is InChI=1S/C13H18N6O/c1-18-4-6-19(7-5-18)13-16-12(20-17-13)11-3-2-10(8-14)9-15-11/h2-3,9H,4-8,14H2,1H3. The summed E-state index contributed by atoms with van der Waals surface area (Å²) < 4.78 is 5.29. The molecule has 20 heavy (non-hydrogen) atoms. The summed E-state index contributed by atoms with van der Waals surface area (Å²) in [6.07, 6.45) is 1.73. The third-order valence-electron chi connectivity index (χ3n) is 3.48. The van der Waals surface area contributed by atoms with E-state index in [1.165, 1.54) is 0 Å². The van der Waals surface area contributed by atoms with Crippen LogP contribution in [0.3, 0.4) is 0 Å². The Labute approximate surface area is 117 Å². The number of hydrogen-bond donors (Lipinski definition) is 1. The fourth-order valence-electron chi connectivity index (χ4n) is 2.13. The first-order chi connectivity index (χ1) is 9.76. The van der Waals surface area contributed by atoms with Gasteiger partial charge in [0.15, 0.2) is 0 Å². The van der Waals surface area contributed by atoms with Gasteiger partial charge in [-0.25, -0.2) is 0 Å². The van der Waals surface area contributed by atoms with Gasteiger partial charge in [-0.15, -0.1) is 0 Å². The van der Waals surface area contributed by atoms with E-state index in [2.05, 4.69) is 32.0 Å². The molecule has 0 unspecified atom stereocenters. The van der Waals surface area contributed by atoms with E-state index in [9.17, 15) is 0 Å². The highest BCUT2D eigenvalue weighted by molar-refractivity contribution is 5.49. The maximum atomic E-state index is 5.55. The maximum absolute atomic E-state index is 5.55. The lowest BCUT2D eigenvalue weighted by Crippen LogP contribution is -2.44. The van der Waals surface area contributed by atoms with Crippen molar-refractivity contribution in [2.75, 3.05) is 38.1 Å². The van der Waals surface area contributed by atoms with Crippen molar-refractivity contribution in [3.05, 3.63) is 23.9 Å². The molecule has 2 N–H and O–H groups in total. The molecule has 0 bridgehead atoms. The molecule has 0 spiro atoms. The van der Waals surface area contributed by atoms with Crippen molar-refractivity contribution < 1.29 is 4.52 Å². The van der Waals surface area contributed by atoms with E-state index < -0.39 is 0 Å². The van der Waals surface area contributed by atoms with Crippen LogP contribution in [0.15, 0.2) is 22.9 Å². The first-order valence-electron chi connectivity index (χ1n) is 6.69. The van der Waals surface area contributed by atoms with Crippen molar-refractivity contribution in [3.8, 4) is 11.6 Å². The average Bonchev–Trinajstić information content (AvgIpc) is 2.98. The van der Waals surface area contributed by atoms with Crippen LogP contribution in [-0.2, 0) is 6.54 Å². The molecular formula is C13H18N6O. The summed E-state index contributed by atoms with van der Waals surface area (Å²) in [4.78, 5) is 13.1. The number of aromatic nitrogens is 3. The van der Waals surface area contributed by atoms with Gasteiger partial charge in [-0.1, -0.05) is 6.07 Å². The highest BCUT2D eigenvalue weighted by Gasteiger charge is 2.19. The van der Waals surface area contributed by atoms with Crippen molar-refractivity contribution in [1.29, 1.82) is 0 Å². The van der Waals surface area contributed by atoms with Crippen molar-refractivity contribution in [2.24, 2.45) is 5.73 Å². The van der Waals surface area contributed by atoms with Crippen molar-refractivity contribution in [2.45, 2.75) is 6.54 Å². The SMILES string of the molecule is CN1CCN(c2noc(-c3ccc(CN)cn3)n2)CC1. The van der Waals surface area contributed by atoms with Gasteiger partial charge < -0.3 is 20.1 Å². The van der Waals surface area contributed by atoms with E-state index >= 15 is 0 Å². The zero-order valence-electron chi connectivity index (χ0n) is 11.5. The summed E-state index contributed by atoms with van der Waals surface area (Å²) in [5.74, 6) is 1.08. The summed E-state index contributed by atoms with van der Waals surface area (Å²) in [5, 5.41) is 4.04. The minimum Gasteiger partial charge on any atom is -0.336 e. The van der Waals surface area contributed by atoms with Crippen molar-refractivity contribution in [3.63, 3.8) is 0 Å². The predicted octanol–water partition coefficient (Wildman–Crippen LogP) is 0.342. The molecule has 1 aliphatic rings. The predicted molar refractivity (Wildman–Crippen MR) is 75.1 cm³/mol. The Balaban J connectivity index is 1.75. The Morgan fingerprint density at radius 1 is 1.25 bits per heavy atom. The Hall–Kier alpha value is -1.99. The van der Waals surface area contributed by atoms with Gasteiger partial charge in [0.05, 0.1) is 0 Å². The van der Waals surface area contributed by atoms with E-state index in [0.717, 1.165) is 31.7 Å². The van der Waals surface area contributed by atoms with Gasteiger partial charge in [0.1, 0.15) is 5.69 Å². The second-order valence-corrected chi connectivity index (χ2v) is 4.95. The molecule has 1 saturated heterocycles. The zero-order valence-corrected chi connectivity index (χ0v) is 11.5. The van der Waals surface area contributed by atoms with Crippen LogP contribution in [0.5, 0.6) is 0 Å². The van der Waals surface area contributed by atoms with Crippen LogP contribution in [-0.4, -0.2) is 53.3 Å². The van der Waals surface area contributed by atoms with Gasteiger partial charge >= 0.3 is 0 Å². The van der Waals surface area contributed by atoms with Crippen LogP contribution in [0.2, 0.25) is 0 Å². The van der Waals surface area contributed by atoms with Gasteiger partial charge in [0.2, 0.25) is 0 Å². The quantitative estimate of drug-likeness (QED) is 0.864. The lowest BCUT2D eigenvalue weighted by Gasteiger charge is -2.31. The molecule has 0 aliphatic carbocycles. The molecule has 106 valence electrons. The highest BCUT2D eigenvalue weighted by atomic mass is 16.5. The van der Waals surface area contributed by atoms with Gasteiger partial charge in [-0.2, -0.15) is 4.98 Å². The van der Waals surface area contributed by atoms with E-state index in [-0.39, 0.29) is 0 Å². The molecule has 0 radical (unpaired) electrons. The number of likely N-dealkylation sites (N-methyl/N-ethyl adjacent to an activating group) is 1. The van der Waals surface area contributed by atoms with Crippen LogP contribution in [0.25, 0.3) is 11.6 Å².